The van der Waals surface area contributed by atoms with E-state index in [2.05, 4.69) is 0 Å². The lowest BCUT2D eigenvalue weighted by Crippen LogP contribution is -2.41. The summed E-state index contributed by atoms with van der Waals surface area (Å²) >= 11 is 0. The molecule has 1 N–H and O–H groups in total. The molecule has 0 amide bonds. The highest BCUT2D eigenvalue weighted by Crippen LogP contribution is 2.36. The van der Waals surface area contributed by atoms with E-state index < -0.39 is 0 Å². The second-order valence-corrected chi connectivity index (χ2v) is 6.26. The van der Waals surface area contributed by atoms with Crippen LogP contribution in [0.15, 0.2) is 30.3 Å². The minimum absolute atomic E-state index is 0.149. The molecule has 0 radical (unpaired) electrons. The number of benzene rings is 1. The minimum Gasteiger partial charge on any atom is -0.504 e. The fourth-order valence-corrected chi connectivity index (χ4v) is 2.13. The summed E-state index contributed by atoms with van der Waals surface area (Å²) in [6.07, 6.45) is 2.73. The van der Waals surface area contributed by atoms with Crippen molar-refractivity contribution in [3.05, 3.63) is 35.8 Å². The van der Waals surface area contributed by atoms with Crippen LogP contribution in [0.3, 0.4) is 0 Å². The van der Waals surface area contributed by atoms with Crippen LogP contribution in [0, 0.1) is 0 Å². The number of allylic oxidation sites excluding steroid dienone is 1. The standard InChI is InChI=1S/C16H23BO4/c1-15(2)16(3,4)21-17(20-15)10-6-7-12-8-9-13(18)14(11-12)19-5/h6,8-11,18H,7H2,1-5H3/b10-6+. The van der Waals surface area contributed by atoms with E-state index >= 15 is 0 Å². The molecule has 0 saturated carbocycles. The van der Waals surface area contributed by atoms with Gasteiger partial charge in [0, 0.05) is 0 Å². The third-order valence-electron chi connectivity index (χ3n) is 4.16. The lowest BCUT2D eigenvalue weighted by atomic mass is 9.89. The van der Waals surface area contributed by atoms with Gasteiger partial charge in [0.2, 0.25) is 0 Å². The third kappa shape index (κ3) is 3.42. The number of hydrogen-bond donors (Lipinski definition) is 1. The molecule has 0 bridgehead atoms. The van der Waals surface area contributed by atoms with Crippen LogP contribution in [0.5, 0.6) is 11.5 Å². The molecule has 4 nitrogen and oxygen atoms in total. The topological polar surface area (TPSA) is 47.9 Å². The van der Waals surface area contributed by atoms with Crippen LogP contribution in [-0.4, -0.2) is 30.5 Å². The largest absolute Gasteiger partial charge is 0.504 e. The van der Waals surface area contributed by atoms with Gasteiger partial charge in [0.1, 0.15) is 0 Å². The van der Waals surface area contributed by atoms with Gasteiger partial charge in [-0.3, -0.25) is 0 Å². The maximum absolute atomic E-state index is 9.57. The Morgan fingerprint density at radius 3 is 2.38 bits per heavy atom. The molecule has 1 aromatic carbocycles. The zero-order valence-corrected chi connectivity index (χ0v) is 13.3. The van der Waals surface area contributed by atoms with Crippen LogP contribution in [0.1, 0.15) is 33.3 Å². The smallest absolute Gasteiger partial charge is 0.486 e. The lowest BCUT2D eigenvalue weighted by molar-refractivity contribution is 0.00578. The van der Waals surface area contributed by atoms with E-state index in [0.717, 1.165) is 12.0 Å². The molecular weight excluding hydrogens is 267 g/mol. The van der Waals surface area contributed by atoms with Crippen LogP contribution in [0.4, 0.5) is 0 Å². The summed E-state index contributed by atoms with van der Waals surface area (Å²) in [5, 5.41) is 9.57. The average Bonchev–Trinajstić information content (AvgIpc) is 2.59. The first-order valence-corrected chi connectivity index (χ1v) is 7.13. The molecule has 1 aromatic rings. The monoisotopic (exact) mass is 290 g/mol. The van der Waals surface area contributed by atoms with Gasteiger partial charge >= 0.3 is 7.12 Å². The van der Waals surface area contributed by atoms with E-state index in [1.54, 1.807) is 13.2 Å². The molecule has 2 rings (SSSR count). The number of phenolic OH excluding ortho intramolecular Hbond substituents is 1. The van der Waals surface area contributed by atoms with Crippen molar-refractivity contribution >= 4 is 7.12 Å². The Kier molecular flexibility index (Phi) is 4.35. The zero-order chi connectivity index (χ0) is 15.7. The van der Waals surface area contributed by atoms with Gasteiger partial charge in [-0.25, -0.2) is 0 Å². The molecule has 1 saturated heterocycles. The molecule has 114 valence electrons. The second-order valence-electron chi connectivity index (χ2n) is 6.26. The predicted octanol–water partition coefficient (Wildman–Crippen LogP) is 3.13. The highest BCUT2D eigenvalue weighted by Gasteiger charge is 2.49. The molecule has 1 aliphatic heterocycles. The Labute approximate surface area is 126 Å². The van der Waals surface area contributed by atoms with Gasteiger partial charge in [-0.05, 0) is 51.8 Å². The quantitative estimate of drug-likeness (QED) is 0.865. The number of methoxy groups -OCH3 is 1. The van der Waals surface area contributed by atoms with Gasteiger partial charge in [-0.2, -0.15) is 0 Å². The van der Waals surface area contributed by atoms with Crippen molar-refractivity contribution in [1.82, 2.24) is 0 Å². The van der Waals surface area contributed by atoms with Crippen molar-refractivity contribution in [3.63, 3.8) is 0 Å². The van der Waals surface area contributed by atoms with Crippen LogP contribution >= 0.6 is 0 Å². The molecule has 0 spiro atoms. The van der Waals surface area contributed by atoms with E-state index in [-0.39, 0.29) is 24.1 Å². The highest BCUT2D eigenvalue weighted by atomic mass is 16.7. The Morgan fingerprint density at radius 2 is 1.81 bits per heavy atom. The molecule has 1 heterocycles. The average molecular weight is 290 g/mol. The number of rotatable bonds is 4. The molecule has 1 fully saturated rings. The van der Waals surface area contributed by atoms with Gasteiger partial charge in [-0.15, -0.1) is 0 Å². The van der Waals surface area contributed by atoms with Gasteiger partial charge in [0.25, 0.3) is 0 Å². The normalized spacial score (nSPS) is 20.1. The maximum Gasteiger partial charge on any atom is 0.486 e. The number of hydrogen-bond acceptors (Lipinski definition) is 4. The molecular formula is C16H23BO4. The predicted molar refractivity (Wildman–Crippen MR) is 83.6 cm³/mol. The van der Waals surface area contributed by atoms with E-state index in [4.69, 9.17) is 14.0 Å². The van der Waals surface area contributed by atoms with Crippen molar-refractivity contribution in [1.29, 1.82) is 0 Å². The van der Waals surface area contributed by atoms with Gasteiger partial charge < -0.3 is 19.2 Å². The van der Waals surface area contributed by atoms with Crippen molar-refractivity contribution in [3.8, 4) is 11.5 Å². The Bertz CT molecular complexity index is 521. The number of phenols is 1. The molecule has 5 heteroatoms. The molecule has 21 heavy (non-hydrogen) atoms. The van der Waals surface area contributed by atoms with E-state index in [9.17, 15) is 5.11 Å². The minimum atomic E-state index is -0.325. The molecule has 1 aliphatic rings. The Hall–Kier alpha value is -1.46. The van der Waals surface area contributed by atoms with Gasteiger partial charge in [0.15, 0.2) is 11.5 Å². The summed E-state index contributed by atoms with van der Waals surface area (Å²) in [6, 6.07) is 5.33. The lowest BCUT2D eigenvalue weighted by Gasteiger charge is -2.32. The van der Waals surface area contributed by atoms with Crippen molar-refractivity contribution in [2.75, 3.05) is 7.11 Å². The first-order chi connectivity index (χ1) is 9.75. The molecule has 0 aliphatic carbocycles. The molecule has 0 aromatic heterocycles. The summed E-state index contributed by atoms with van der Waals surface area (Å²) in [5.74, 6) is 2.56. The van der Waals surface area contributed by atoms with Crippen molar-refractivity contribution in [2.24, 2.45) is 0 Å². The third-order valence-corrected chi connectivity index (χ3v) is 4.16. The van der Waals surface area contributed by atoms with Crippen LogP contribution < -0.4 is 4.74 Å². The summed E-state index contributed by atoms with van der Waals surface area (Å²) in [7, 11) is 1.22. The van der Waals surface area contributed by atoms with Gasteiger partial charge in [0.05, 0.1) is 18.3 Å². The van der Waals surface area contributed by atoms with Gasteiger partial charge in [-0.1, -0.05) is 18.1 Å². The second kappa shape index (κ2) is 5.74. The highest BCUT2D eigenvalue weighted by molar-refractivity contribution is 6.51. The first kappa shape index (κ1) is 15.9. The fraction of sp³-hybridized carbons (Fsp3) is 0.500. The number of aromatic hydroxyl groups is 1. The van der Waals surface area contributed by atoms with Crippen molar-refractivity contribution < 1.29 is 19.2 Å². The summed E-state index contributed by atoms with van der Waals surface area (Å²) < 4.78 is 16.9. The Balaban J connectivity index is 1.98. The van der Waals surface area contributed by atoms with E-state index in [1.165, 1.54) is 0 Å². The number of ether oxygens (including phenoxy) is 1. The maximum atomic E-state index is 9.57. The summed E-state index contributed by atoms with van der Waals surface area (Å²) in [4.78, 5) is 0. The zero-order valence-electron chi connectivity index (χ0n) is 13.3. The summed E-state index contributed by atoms with van der Waals surface area (Å²) in [6.45, 7) is 8.13. The fourth-order valence-electron chi connectivity index (χ4n) is 2.13. The van der Waals surface area contributed by atoms with E-state index in [1.807, 2.05) is 51.9 Å². The Morgan fingerprint density at radius 1 is 1.19 bits per heavy atom. The molecule has 0 unspecified atom stereocenters. The van der Waals surface area contributed by atoms with E-state index in [0.29, 0.717) is 5.75 Å². The first-order valence-electron chi connectivity index (χ1n) is 7.13. The van der Waals surface area contributed by atoms with Crippen molar-refractivity contribution in [2.45, 2.75) is 45.3 Å². The molecule has 0 atom stereocenters. The van der Waals surface area contributed by atoms with Crippen LogP contribution in [-0.2, 0) is 15.7 Å². The summed E-state index contributed by atoms with van der Waals surface area (Å²) in [5.41, 5.74) is 0.422. The van der Waals surface area contributed by atoms with Crippen LogP contribution in [0.2, 0.25) is 0 Å². The van der Waals surface area contributed by atoms with Crippen LogP contribution in [0.25, 0.3) is 0 Å². The SMILES string of the molecule is COc1cc(C/C=C/B2OC(C)(C)C(C)(C)O2)ccc1O.